The fourth-order valence-electron chi connectivity index (χ4n) is 2.29. The van der Waals surface area contributed by atoms with Gasteiger partial charge in [0.25, 0.3) is 5.91 Å². The summed E-state index contributed by atoms with van der Waals surface area (Å²) in [5, 5.41) is 3.56. The molecule has 0 unspecified atom stereocenters. The summed E-state index contributed by atoms with van der Waals surface area (Å²) in [7, 11) is 1.54. The minimum Gasteiger partial charge on any atom is -0.449 e. The fourth-order valence-corrected chi connectivity index (χ4v) is 2.29. The average Bonchev–Trinajstić information content (AvgIpc) is 2.85. The summed E-state index contributed by atoms with van der Waals surface area (Å²) in [6, 6.07) is 7.28. The summed E-state index contributed by atoms with van der Waals surface area (Å²) in [4.78, 5) is 24.5. The van der Waals surface area contributed by atoms with Crippen LogP contribution >= 0.6 is 0 Å². The molecule has 2 aromatic rings. The van der Waals surface area contributed by atoms with E-state index in [9.17, 15) is 9.59 Å². The quantitative estimate of drug-likeness (QED) is 0.851. The molecule has 0 radical (unpaired) electrons. The molecule has 24 heavy (non-hydrogen) atoms. The Balaban J connectivity index is 2.22. The van der Waals surface area contributed by atoms with Crippen LogP contribution < -0.4 is 5.32 Å². The van der Waals surface area contributed by atoms with Crippen LogP contribution in [0, 0.1) is 0 Å². The Bertz CT molecular complexity index is 741. The monoisotopic (exact) mass is 333 g/mol. The lowest BCUT2D eigenvalue weighted by atomic mass is 10.1. The Hall–Kier alpha value is -2.34. The minimum absolute atomic E-state index is 0.0634. The first-order valence-corrected chi connectivity index (χ1v) is 7.75. The molecule has 0 fully saturated rings. The number of methoxy groups -OCH3 is 1. The van der Waals surface area contributed by atoms with Crippen molar-refractivity contribution in [2.75, 3.05) is 7.11 Å². The number of nitrogens with one attached hydrogen (secondary N) is 1. The smallest absolute Gasteiger partial charge is 0.375 e. The molecule has 1 heterocycles. The molecule has 0 aliphatic rings. The van der Waals surface area contributed by atoms with Crippen molar-refractivity contribution in [1.29, 1.82) is 0 Å². The van der Waals surface area contributed by atoms with Gasteiger partial charge in [0.1, 0.15) is 5.58 Å². The zero-order chi connectivity index (χ0) is 17.9. The molecule has 6 heteroatoms. The van der Waals surface area contributed by atoms with E-state index < -0.39 is 17.6 Å². The second kappa shape index (κ2) is 7.05. The van der Waals surface area contributed by atoms with Crippen LogP contribution in [0.4, 0.5) is 0 Å². The lowest BCUT2D eigenvalue weighted by Crippen LogP contribution is -2.46. The third-order valence-electron chi connectivity index (χ3n) is 3.32. The number of carbonyl (C=O) groups is 2. The van der Waals surface area contributed by atoms with Gasteiger partial charge < -0.3 is 19.2 Å². The van der Waals surface area contributed by atoms with Gasteiger partial charge in [-0.25, -0.2) is 4.79 Å². The van der Waals surface area contributed by atoms with Gasteiger partial charge in [0.05, 0.1) is 6.61 Å². The number of benzene rings is 1. The summed E-state index contributed by atoms with van der Waals surface area (Å²) in [6.45, 7) is 7.31. The van der Waals surface area contributed by atoms with E-state index in [1.807, 2.05) is 39.0 Å². The molecule has 0 aliphatic carbocycles. The minimum atomic E-state index is -0.930. The van der Waals surface area contributed by atoms with Crippen molar-refractivity contribution in [3.8, 4) is 0 Å². The molecule has 0 saturated heterocycles. The van der Waals surface area contributed by atoms with Crippen molar-refractivity contribution in [3.63, 3.8) is 0 Å². The number of furan rings is 1. The van der Waals surface area contributed by atoms with E-state index in [1.165, 1.54) is 14.0 Å². The molecule has 0 aliphatic heterocycles. The number of carbonyl (C=O) groups excluding carboxylic acids is 2. The normalized spacial score (nSPS) is 12.9. The van der Waals surface area contributed by atoms with Crippen LogP contribution in [0.5, 0.6) is 0 Å². The standard InChI is InChI=1S/C18H23NO5/c1-11(16(20)19-18(2,3)4)23-17(21)15-13(10-22-5)12-8-6-7-9-14(12)24-15/h6-9,11H,10H2,1-5H3,(H,19,20)/t11-/m1/s1. The lowest BCUT2D eigenvalue weighted by Gasteiger charge is -2.23. The van der Waals surface area contributed by atoms with Crippen LogP contribution in [0.1, 0.15) is 43.8 Å². The summed E-state index contributed by atoms with van der Waals surface area (Å²) in [5.41, 5.74) is 0.781. The Kier molecular flexibility index (Phi) is 5.29. The molecule has 0 spiro atoms. The summed E-state index contributed by atoms with van der Waals surface area (Å²) in [6.07, 6.45) is -0.930. The molecule has 1 amide bonds. The maximum Gasteiger partial charge on any atom is 0.375 e. The van der Waals surface area contributed by atoms with Gasteiger partial charge in [-0.15, -0.1) is 0 Å². The van der Waals surface area contributed by atoms with Gasteiger partial charge in [-0.05, 0) is 33.8 Å². The van der Waals surface area contributed by atoms with Crippen LogP contribution in [0.2, 0.25) is 0 Å². The Morgan fingerprint density at radius 2 is 1.92 bits per heavy atom. The van der Waals surface area contributed by atoms with Gasteiger partial charge in [0.2, 0.25) is 5.76 Å². The van der Waals surface area contributed by atoms with Gasteiger partial charge in [-0.2, -0.15) is 0 Å². The van der Waals surface area contributed by atoms with Crippen LogP contribution in [0.15, 0.2) is 28.7 Å². The van der Waals surface area contributed by atoms with Gasteiger partial charge >= 0.3 is 5.97 Å². The van der Waals surface area contributed by atoms with E-state index in [1.54, 1.807) is 6.07 Å². The van der Waals surface area contributed by atoms with Crippen molar-refractivity contribution in [2.24, 2.45) is 0 Å². The highest BCUT2D eigenvalue weighted by Crippen LogP contribution is 2.27. The average molecular weight is 333 g/mol. The van der Waals surface area contributed by atoms with Crippen molar-refractivity contribution < 1.29 is 23.5 Å². The number of hydrogen-bond donors (Lipinski definition) is 1. The van der Waals surface area contributed by atoms with E-state index in [0.717, 1.165) is 5.39 Å². The van der Waals surface area contributed by atoms with Crippen molar-refractivity contribution in [1.82, 2.24) is 5.32 Å². The van der Waals surface area contributed by atoms with Crippen LogP contribution in [-0.2, 0) is 20.9 Å². The largest absolute Gasteiger partial charge is 0.449 e. The van der Waals surface area contributed by atoms with Crippen molar-refractivity contribution >= 4 is 22.8 Å². The SMILES string of the molecule is COCc1c(C(=O)O[C@H](C)C(=O)NC(C)(C)C)oc2ccccc12. The zero-order valence-corrected chi connectivity index (χ0v) is 14.6. The summed E-state index contributed by atoms with van der Waals surface area (Å²) < 4.78 is 16.0. The molecule has 130 valence electrons. The number of rotatable bonds is 5. The predicted molar refractivity (Wildman–Crippen MR) is 89.7 cm³/mol. The van der Waals surface area contributed by atoms with Crippen molar-refractivity contribution in [2.45, 2.75) is 45.9 Å². The molecular formula is C18H23NO5. The van der Waals surface area contributed by atoms with Gasteiger partial charge in [-0.1, -0.05) is 18.2 Å². The molecule has 1 atom stereocenters. The molecule has 0 saturated carbocycles. The first kappa shape index (κ1) is 18.0. The second-order valence-electron chi connectivity index (χ2n) is 6.63. The van der Waals surface area contributed by atoms with E-state index in [-0.39, 0.29) is 18.3 Å². The van der Waals surface area contributed by atoms with Crippen LogP contribution in [0.25, 0.3) is 11.0 Å². The molecule has 0 bridgehead atoms. The molecule has 1 aromatic carbocycles. The Labute approximate surface area is 141 Å². The zero-order valence-electron chi connectivity index (χ0n) is 14.6. The summed E-state index contributed by atoms with van der Waals surface area (Å²) >= 11 is 0. The third kappa shape index (κ3) is 4.14. The van der Waals surface area contributed by atoms with Gasteiger partial charge in [0.15, 0.2) is 6.10 Å². The van der Waals surface area contributed by atoms with E-state index in [4.69, 9.17) is 13.9 Å². The number of amides is 1. The van der Waals surface area contributed by atoms with E-state index in [2.05, 4.69) is 5.32 Å². The van der Waals surface area contributed by atoms with Crippen LogP contribution in [0.3, 0.4) is 0 Å². The maximum atomic E-state index is 12.4. The van der Waals surface area contributed by atoms with E-state index in [0.29, 0.717) is 11.1 Å². The molecule has 6 nitrogen and oxygen atoms in total. The predicted octanol–water partition coefficient (Wildman–Crippen LogP) is 3.04. The van der Waals surface area contributed by atoms with E-state index >= 15 is 0 Å². The number of hydrogen-bond acceptors (Lipinski definition) is 5. The summed E-state index contributed by atoms with van der Waals surface area (Å²) in [5.74, 6) is -0.983. The molecule has 1 N–H and O–H groups in total. The first-order valence-electron chi connectivity index (χ1n) is 7.75. The highest BCUT2D eigenvalue weighted by atomic mass is 16.6. The number of para-hydroxylation sites is 1. The molecular weight excluding hydrogens is 310 g/mol. The highest BCUT2D eigenvalue weighted by Gasteiger charge is 2.27. The lowest BCUT2D eigenvalue weighted by molar-refractivity contribution is -0.130. The topological polar surface area (TPSA) is 77.8 Å². The third-order valence-corrected chi connectivity index (χ3v) is 3.32. The van der Waals surface area contributed by atoms with Crippen LogP contribution in [-0.4, -0.2) is 30.6 Å². The first-order chi connectivity index (χ1) is 11.2. The Morgan fingerprint density at radius 3 is 2.54 bits per heavy atom. The van der Waals surface area contributed by atoms with Gasteiger partial charge in [0, 0.05) is 23.6 Å². The maximum absolute atomic E-state index is 12.4. The number of ether oxygens (including phenoxy) is 2. The van der Waals surface area contributed by atoms with Gasteiger partial charge in [-0.3, -0.25) is 4.79 Å². The molecule has 1 aromatic heterocycles. The fraction of sp³-hybridized carbons (Fsp3) is 0.444. The molecule has 2 rings (SSSR count). The number of fused-ring (bicyclic) bond motifs is 1. The second-order valence-corrected chi connectivity index (χ2v) is 6.63. The number of esters is 1. The van der Waals surface area contributed by atoms with Crippen molar-refractivity contribution in [3.05, 3.63) is 35.6 Å². The highest BCUT2D eigenvalue weighted by molar-refractivity contribution is 5.97. The Morgan fingerprint density at radius 1 is 1.25 bits per heavy atom.